The van der Waals surface area contributed by atoms with Crippen molar-refractivity contribution in [3.05, 3.63) is 40.8 Å². The normalized spacial score (nSPS) is 11.2. The standard InChI is InChI=1S/C14H18ClN3/c1-9(2)13-5-6-18(17-13)14-12(8-15)10(3)7-11(4)16-14/h5-7,9H,8H2,1-4H3. The molecule has 0 N–H and O–H groups in total. The lowest BCUT2D eigenvalue weighted by Crippen LogP contribution is -2.06. The third-order valence-corrected chi connectivity index (χ3v) is 3.27. The van der Waals surface area contributed by atoms with Crippen LogP contribution >= 0.6 is 11.6 Å². The van der Waals surface area contributed by atoms with Gasteiger partial charge in [-0.05, 0) is 37.5 Å². The minimum absolute atomic E-state index is 0.414. The van der Waals surface area contributed by atoms with Crippen molar-refractivity contribution in [3.63, 3.8) is 0 Å². The Balaban J connectivity index is 2.55. The van der Waals surface area contributed by atoms with Crippen LogP contribution in [0.5, 0.6) is 0 Å². The Morgan fingerprint density at radius 2 is 2.06 bits per heavy atom. The zero-order chi connectivity index (χ0) is 13.3. The molecule has 0 radical (unpaired) electrons. The number of pyridine rings is 1. The Bertz CT molecular complexity index is 558. The molecule has 0 amide bonds. The van der Waals surface area contributed by atoms with E-state index in [0.29, 0.717) is 11.8 Å². The van der Waals surface area contributed by atoms with Gasteiger partial charge in [0.05, 0.1) is 11.6 Å². The lowest BCUT2D eigenvalue weighted by molar-refractivity contribution is 0.751. The van der Waals surface area contributed by atoms with Crippen molar-refractivity contribution < 1.29 is 0 Å². The molecule has 2 aromatic rings. The number of hydrogen-bond donors (Lipinski definition) is 0. The van der Waals surface area contributed by atoms with E-state index >= 15 is 0 Å². The maximum atomic E-state index is 6.03. The largest absolute Gasteiger partial charge is 0.234 e. The highest BCUT2D eigenvalue weighted by atomic mass is 35.5. The van der Waals surface area contributed by atoms with E-state index < -0.39 is 0 Å². The minimum atomic E-state index is 0.414. The molecule has 0 spiro atoms. The van der Waals surface area contributed by atoms with Gasteiger partial charge < -0.3 is 0 Å². The summed E-state index contributed by atoms with van der Waals surface area (Å²) in [5.74, 6) is 1.71. The molecule has 0 aromatic carbocycles. The first kappa shape index (κ1) is 13.1. The van der Waals surface area contributed by atoms with Gasteiger partial charge in [-0.1, -0.05) is 13.8 Å². The third-order valence-electron chi connectivity index (χ3n) is 3.01. The summed E-state index contributed by atoms with van der Waals surface area (Å²) in [4.78, 5) is 4.56. The van der Waals surface area contributed by atoms with Crippen molar-refractivity contribution in [3.8, 4) is 5.82 Å². The van der Waals surface area contributed by atoms with Crippen LogP contribution in [0, 0.1) is 13.8 Å². The molecule has 0 fully saturated rings. The number of aromatic nitrogens is 3. The summed E-state index contributed by atoms with van der Waals surface area (Å²) in [6.07, 6.45) is 1.95. The van der Waals surface area contributed by atoms with E-state index in [4.69, 9.17) is 11.6 Å². The van der Waals surface area contributed by atoms with Gasteiger partial charge in [0.25, 0.3) is 0 Å². The highest BCUT2D eigenvalue weighted by molar-refractivity contribution is 6.17. The number of halogens is 1. The lowest BCUT2D eigenvalue weighted by Gasteiger charge is -2.10. The Kier molecular flexibility index (Phi) is 3.71. The van der Waals surface area contributed by atoms with E-state index in [9.17, 15) is 0 Å². The summed E-state index contributed by atoms with van der Waals surface area (Å²) < 4.78 is 1.83. The van der Waals surface area contributed by atoms with Crippen LogP contribution < -0.4 is 0 Å². The van der Waals surface area contributed by atoms with Gasteiger partial charge in [-0.3, -0.25) is 0 Å². The summed E-state index contributed by atoms with van der Waals surface area (Å²) in [6.45, 7) is 8.30. The molecule has 0 saturated carbocycles. The second-order valence-electron chi connectivity index (χ2n) is 4.86. The zero-order valence-electron chi connectivity index (χ0n) is 11.2. The maximum Gasteiger partial charge on any atom is 0.158 e. The SMILES string of the molecule is Cc1cc(C)c(CCl)c(-n2ccc(C(C)C)n2)n1. The third kappa shape index (κ3) is 2.41. The van der Waals surface area contributed by atoms with Crippen LogP contribution in [0.25, 0.3) is 5.82 Å². The van der Waals surface area contributed by atoms with E-state index in [1.54, 1.807) is 0 Å². The molecular weight excluding hydrogens is 246 g/mol. The van der Waals surface area contributed by atoms with Crippen molar-refractivity contribution in [1.82, 2.24) is 14.8 Å². The molecule has 0 atom stereocenters. The molecule has 96 valence electrons. The van der Waals surface area contributed by atoms with Gasteiger partial charge in [0.15, 0.2) is 5.82 Å². The summed E-state index contributed by atoms with van der Waals surface area (Å²) in [5, 5.41) is 4.57. The van der Waals surface area contributed by atoms with Gasteiger partial charge in [-0.2, -0.15) is 5.10 Å². The Hall–Kier alpha value is -1.35. The van der Waals surface area contributed by atoms with Gasteiger partial charge >= 0.3 is 0 Å². The van der Waals surface area contributed by atoms with E-state index in [1.165, 1.54) is 0 Å². The molecule has 0 unspecified atom stereocenters. The fourth-order valence-electron chi connectivity index (χ4n) is 1.96. The van der Waals surface area contributed by atoms with Crippen LogP contribution in [-0.2, 0) is 5.88 Å². The lowest BCUT2D eigenvalue weighted by atomic mass is 10.1. The molecule has 0 aliphatic heterocycles. The van der Waals surface area contributed by atoms with Crippen LogP contribution in [0.3, 0.4) is 0 Å². The highest BCUT2D eigenvalue weighted by Crippen LogP contribution is 2.21. The second-order valence-corrected chi connectivity index (χ2v) is 5.12. The van der Waals surface area contributed by atoms with Gasteiger partial charge in [0, 0.05) is 17.5 Å². The topological polar surface area (TPSA) is 30.7 Å². The van der Waals surface area contributed by atoms with Gasteiger partial charge in [0.1, 0.15) is 0 Å². The van der Waals surface area contributed by atoms with Crippen LogP contribution in [0.4, 0.5) is 0 Å². The predicted molar refractivity (Wildman–Crippen MR) is 74.5 cm³/mol. The van der Waals surface area contributed by atoms with Crippen molar-refractivity contribution in [2.24, 2.45) is 0 Å². The Labute approximate surface area is 113 Å². The zero-order valence-corrected chi connectivity index (χ0v) is 12.0. The Morgan fingerprint density at radius 3 is 2.61 bits per heavy atom. The predicted octanol–water partition coefficient (Wildman–Crippen LogP) is 3.75. The summed E-state index contributed by atoms with van der Waals surface area (Å²) in [7, 11) is 0. The molecule has 18 heavy (non-hydrogen) atoms. The van der Waals surface area contributed by atoms with Crippen molar-refractivity contribution in [2.45, 2.75) is 39.5 Å². The first-order valence-corrected chi connectivity index (χ1v) is 6.65. The fraction of sp³-hybridized carbons (Fsp3) is 0.429. The summed E-state index contributed by atoms with van der Waals surface area (Å²) >= 11 is 6.03. The molecular formula is C14H18ClN3. The van der Waals surface area contributed by atoms with Crippen molar-refractivity contribution in [1.29, 1.82) is 0 Å². The summed E-state index contributed by atoms with van der Waals surface area (Å²) in [6, 6.07) is 4.08. The molecule has 2 aromatic heterocycles. The van der Waals surface area contributed by atoms with Crippen molar-refractivity contribution >= 4 is 11.6 Å². The number of alkyl halides is 1. The molecule has 4 heteroatoms. The molecule has 0 saturated heterocycles. The van der Waals surface area contributed by atoms with E-state index in [-0.39, 0.29) is 0 Å². The first-order chi connectivity index (χ1) is 8.52. The monoisotopic (exact) mass is 263 g/mol. The number of aryl methyl sites for hydroxylation is 2. The minimum Gasteiger partial charge on any atom is -0.234 e. The fourth-order valence-corrected chi connectivity index (χ4v) is 2.29. The van der Waals surface area contributed by atoms with Crippen molar-refractivity contribution in [2.75, 3.05) is 0 Å². The Morgan fingerprint density at radius 1 is 1.33 bits per heavy atom. The molecule has 2 heterocycles. The summed E-state index contributed by atoms with van der Waals surface area (Å²) in [5.41, 5.74) is 4.25. The average Bonchev–Trinajstić information content (AvgIpc) is 2.77. The smallest absolute Gasteiger partial charge is 0.158 e. The second kappa shape index (κ2) is 5.11. The maximum absolute atomic E-state index is 6.03. The molecule has 0 bridgehead atoms. The number of nitrogens with zero attached hydrogens (tertiary/aromatic N) is 3. The highest BCUT2D eigenvalue weighted by Gasteiger charge is 2.12. The van der Waals surface area contributed by atoms with E-state index in [2.05, 4.69) is 30.9 Å². The number of hydrogen-bond acceptors (Lipinski definition) is 2. The van der Waals surface area contributed by atoms with Gasteiger partial charge in [-0.15, -0.1) is 11.6 Å². The van der Waals surface area contributed by atoms with Crippen LogP contribution in [0.2, 0.25) is 0 Å². The van der Waals surface area contributed by atoms with Gasteiger partial charge in [-0.25, -0.2) is 9.67 Å². The first-order valence-electron chi connectivity index (χ1n) is 6.12. The average molecular weight is 264 g/mol. The quantitative estimate of drug-likeness (QED) is 0.790. The molecule has 2 rings (SSSR count). The molecule has 0 aliphatic carbocycles. The van der Waals surface area contributed by atoms with Crippen LogP contribution in [-0.4, -0.2) is 14.8 Å². The molecule has 0 aliphatic rings. The van der Waals surface area contributed by atoms with Crippen LogP contribution in [0.1, 0.15) is 42.3 Å². The van der Waals surface area contributed by atoms with Gasteiger partial charge in [0.2, 0.25) is 0 Å². The number of rotatable bonds is 3. The van der Waals surface area contributed by atoms with E-state index in [1.807, 2.05) is 29.9 Å². The van der Waals surface area contributed by atoms with Crippen LogP contribution in [0.15, 0.2) is 18.3 Å². The van der Waals surface area contributed by atoms with E-state index in [0.717, 1.165) is 28.3 Å². The molecule has 3 nitrogen and oxygen atoms in total.